The molecule has 2 nitrogen and oxygen atoms in total. The van der Waals surface area contributed by atoms with Crippen molar-refractivity contribution in [1.29, 1.82) is 5.26 Å². The highest BCUT2D eigenvalue weighted by Gasteiger charge is 2.24. The topological polar surface area (TPSA) is 27.0 Å². The van der Waals surface area contributed by atoms with Gasteiger partial charge in [0.05, 0.1) is 6.07 Å². The van der Waals surface area contributed by atoms with E-state index in [2.05, 4.69) is 26.9 Å². The second-order valence-electron chi connectivity index (χ2n) is 3.94. The van der Waals surface area contributed by atoms with Crippen LogP contribution in [0.1, 0.15) is 24.4 Å². The molecule has 1 aromatic carbocycles. The summed E-state index contributed by atoms with van der Waals surface area (Å²) in [6, 6.07) is 7.80. The summed E-state index contributed by atoms with van der Waals surface area (Å²) < 4.78 is 0.964. The molecular formula is C12H12BrClN2. The summed E-state index contributed by atoms with van der Waals surface area (Å²) in [5.41, 5.74) is 0.903. The van der Waals surface area contributed by atoms with E-state index in [0.717, 1.165) is 23.1 Å². The maximum absolute atomic E-state index is 9.29. The van der Waals surface area contributed by atoms with Crippen molar-refractivity contribution < 1.29 is 0 Å². The number of nitrogens with zero attached hydrogens (tertiary/aromatic N) is 2. The van der Waals surface area contributed by atoms with Crippen molar-refractivity contribution in [2.45, 2.75) is 18.9 Å². The molecule has 0 saturated carbocycles. The number of benzene rings is 1. The largest absolute Gasteiger partial charge is 0.284 e. The molecule has 1 saturated heterocycles. The number of rotatable bonds is 2. The highest BCUT2D eigenvalue weighted by atomic mass is 79.9. The standard InChI is InChI=1S/C12H12BrClN2/c13-9-3-4-11(14)10(7-9)12(8-15)16-5-1-2-6-16/h3-4,7,12H,1-2,5-6H2. The number of hydrogen-bond donors (Lipinski definition) is 0. The van der Waals surface area contributed by atoms with Crippen LogP contribution >= 0.6 is 27.5 Å². The fourth-order valence-corrected chi connectivity index (χ4v) is 2.67. The van der Waals surface area contributed by atoms with Crippen LogP contribution in [0, 0.1) is 11.3 Å². The zero-order valence-electron chi connectivity index (χ0n) is 8.79. The van der Waals surface area contributed by atoms with Gasteiger partial charge in [-0.3, -0.25) is 4.90 Å². The Bertz CT molecular complexity index is 422. The zero-order valence-corrected chi connectivity index (χ0v) is 11.1. The van der Waals surface area contributed by atoms with Crippen molar-refractivity contribution >= 4 is 27.5 Å². The van der Waals surface area contributed by atoms with E-state index >= 15 is 0 Å². The first-order chi connectivity index (χ1) is 7.72. The van der Waals surface area contributed by atoms with E-state index in [9.17, 15) is 5.26 Å². The van der Waals surface area contributed by atoms with Crippen LogP contribution in [0.5, 0.6) is 0 Å². The first kappa shape index (κ1) is 11.9. The highest BCUT2D eigenvalue weighted by molar-refractivity contribution is 9.10. The van der Waals surface area contributed by atoms with E-state index in [4.69, 9.17) is 11.6 Å². The Hall–Kier alpha value is -0.560. The van der Waals surface area contributed by atoms with Gasteiger partial charge in [-0.25, -0.2) is 0 Å². The molecule has 84 valence electrons. The summed E-state index contributed by atoms with van der Waals surface area (Å²) in [4.78, 5) is 2.19. The van der Waals surface area contributed by atoms with Gasteiger partial charge < -0.3 is 0 Å². The molecule has 0 aliphatic carbocycles. The lowest BCUT2D eigenvalue weighted by molar-refractivity contribution is 0.294. The summed E-state index contributed by atoms with van der Waals surface area (Å²) >= 11 is 9.57. The van der Waals surface area contributed by atoms with Crippen molar-refractivity contribution in [1.82, 2.24) is 4.90 Å². The lowest BCUT2D eigenvalue weighted by Gasteiger charge is -2.22. The van der Waals surface area contributed by atoms with E-state index in [0.29, 0.717) is 5.02 Å². The molecule has 1 aromatic rings. The molecule has 0 radical (unpaired) electrons. The van der Waals surface area contributed by atoms with Gasteiger partial charge in [0.25, 0.3) is 0 Å². The third kappa shape index (κ3) is 2.40. The fraction of sp³-hybridized carbons (Fsp3) is 0.417. The molecule has 16 heavy (non-hydrogen) atoms. The average Bonchev–Trinajstić information content (AvgIpc) is 2.78. The van der Waals surface area contributed by atoms with E-state index in [-0.39, 0.29) is 6.04 Å². The monoisotopic (exact) mass is 298 g/mol. The molecule has 2 rings (SSSR count). The second kappa shape index (κ2) is 5.18. The Morgan fingerprint density at radius 1 is 1.38 bits per heavy atom. The Morgan fingerprint density at radius 2 is 2.06 bits per heavy atom. The summed E-state index contributed by atoms with van der Waals surface area (Å²) in [5, 5.41) is 9.96. The van der Waals surface area contributed by atoms with Gasteiger partial charge >= 0.3 is 0 Å². The SMILES string of the molecule is N#CC(c1cc(Br)ccc1Cl)N1CCCC1. The number of hydrogen-bond acceptors (Lipinski definition) is 2. The third-order valence-corrected chi connectivity index (χ3v) is 3.72. The quantitative estimate of drug-likeness (QED) is 0.831. The first-order valence-corrected chi connectivity index (χ1v) is 6.48. The van der Waals surface area contributed by atoms with Crippen molar-refractivity contribution in [2.75, 3.05) is 13.1 Å². The van der Waals surface area contributed by atoms with Crippen LogP contribution in [0.25, 0.3) is 0 Å². The molecule has 0 amide bonds. The van der Waals surface area contributed by atoms with Crippen molar-refractivity contribution in [3.8, 4) is 6.07 Å². The normalized spacial score (nSPS) is 18.3. The molecule has 0 spiro atoms. The van der Waals surface area contributed by atoms with E-state index < -0.39 is 0 Å². The summed E-state index contributed by atoms with van der Waals surface area (Å²) in [6.45, 7) is 1.97. The van der Waals surface area contributed by atoms with Crippen LogP contribution in [0.2, 0.25) is 5.02 Å². The number of likely N-dealkylation sites (tertiary alicyclic amines) is 1. The van der Waals surface area contributed by atoms with Crippen LogP contribution in [-0.2, 0) is 0 Å². The highest BCUT2D eigenvalue weighted by Crippen LogP contribution is 2.31. The smallest absolute Gasteiger partial charge is 0.125 e. The molecule has 0 bridgehead atoms. The van der Waals surface area contributed by atoms with E-state index in [1.54, 1.807) is 0 Å². The van der Waals surface area contributed by atoms with Crippen LogP contribution < -0.4 is 0 Å². The maximum atomic E-state index is 9.29. The molecule has 1 heterocycles. The van der Waals surface area contributed by atoms with Crippen molar-refractivity contribution in [2.24, 2.45) is 0 Å². The molecule has 1 aliphatic heterocycles. The van der Waals surface area contributed by atoms with Crippen LogP contribution in [0.3, 0.4) is 0 Å². The van der Waals surface area contributed by atoms with Gasteiger partial charge in [-0.15, -0.1) is 0 Å². The molecule has 0 aromatic heterocycles. The van der Waals surface area contributed by atoms with Gasteiger partial charge in [0.2, 0.25) is 0 Å². The van der Waals surface area contributed by atoms with Crippen molar-refractivity contribution in [3.05, 3.63) is 33.3 Å². The zero-order chi connectivity index (χ0) is 11.5. The van der Waals surface area contributed by atoms with Crippen LogP contribution in [-0.4, -0.2) is 18.0 Å². The second-order valence-corrected chi connectivity index (χ2v) is 5.26. The van der Waals surface area contributed by atoms with Crippen molar-refractivity contribution in [3.63, 3.8) is 0 Å². The molecule has 1 fully saturated rings. The lowest BCUT2D eigenvalue weighted by Crippen LogP contribution is -2.24. The van der Waals surface area contributed by atoms with Crippen LogP contribution in [0.4, 0.5) is 0 Å². The lowest BCUT2D eigenvalue weighted by atomic mass is 10.1. The van der Waals surface area contributed by atoms with Gasteiger partial charge in [-0.2, -0.15) is 5.26 Å². The molecule has 1 atom stereocenters. The predicted octanol–water partition coefficient (Wildman–Crippen LogP) is 3.76. The molecule has 1 aliphatic rings. The minimum atomic E-state index is -0.215. The Morgan fingerprint density at radius 3 is 2.69 bits per heavy atom. The predicted molar refractivity (Wildman–Crippen MR) is 68.3 cm³/mol. The van der Waals surface area contributed by atoms with Crippen LogP contribution in [0.15, 0.2) is 22.7 Å². The molecular weight excluding hydrogens is 288 g/mol. The van der Waals surface area contributed by atoms with Gasteiger partial charge in [0.1, 0.15) is 6.04 Å². The summed E-state index contributed by atoms with van der Waals surface area (Å²) in [6.07, 6.45) is 2.34. The Balaban J connectivity index is 2.32. The maximum Gasteiger partial charge on any atom is 0.125 e. The Labute approximate surface area is 109 Å². The average molecular weight is 300 g/mol. The summed E-state index contributed by atoms with van der Waals surface area (Å²) in [5.74, 6) is 0. The van der Waals surface area contributed by atoms with Gasteiger partial charge in [0, 0.05) is 15.1 Å². The minimum Gasteiger partial charge on any atom is -0.284 e. The molecule has 4 heteroatoms. The number of nitriles is 1. The van der Waals surface area contributed by atoms with Gasteiger partial charge in [0.15, 0.2) is 0 Å². The number of halogens is 2. The molecule has 1 unspecified atom stereocenters. The fourth-order valence-electron chi connectivity index (χ4n) is 2.07. The summed E-state index contributed by atoms with van der Waals surface area (Å²) in [7, 11) is 0. The van der Waals surface area contributed by atoms with Gasteiger partial charge in [-0.1, -0.05) is 27.5 Å². The van der Waals surface area contributed by atoms with E-state index in [1.165, 1.54) is 12.8 Å². The van der Waals surface area contributed by atoms with Gasteiger partial charge in [-0.05, 0) is 44.1 Å². The third-order valence-electron chi connectivity index (χ3n) is 2.88. The van der Waals surface area contributed by atoms with E-state index in [1.807, 2.05) is 18.2 Å². The Kier molecular flexibility index (Phi) is 3.86. The first-order valence-electron chi connectivity index (χ1n) is 5.31. The molecule has 0 N–H and O–H groups in total. The minimum absolute atomic E-state index is 0.215.